The Morgan fingerprint density at radius 1 is 1.40 bits per heavy atom. The van der Waals surface area contributed by atoms with Crippen molar-refractivity contribution in [3.63, 3.8) is 0 Å². The number of aryl methyl sites for hydroxylation is 1. The summed E-state index contributed by atoms with van der Waals surface area (Å²) in [7, 11) is 0. The van der Waals surface area contributed by atoms with Crippen molar-refractivity contribution in [2.75, 3.05) is 6.54 Å². The molecule has 1 aliphatic rings. The van der Waals surface area contributed by atoms with Gasteiger partial charge in [-0.05, 0) is 25.8 Å². The van der Waals surface area contributed by atoms with Crippen LogP contribution < -0.4 is 0 Å². The lowest BCUT2D eigenvalue weighted by Crippen LogP contribution is -1.93. The summed E-state index contributed by atoms with van der Waals surface area (Å²) in [6.07, 6.45) is 1.12. The number of aliphatic imine (C=N–C) groups is 1. The lowest BCUT2D eigenvalue weighted by Gasteiger charge is -2.02. The molecule has 0 spiro atoms. The van der Waals surface area contributed by atoms with E-state index in [1.54, 1.807) is 0 Å². The van der Waals surface area contributed by atoms with Crippen LogP contribution in [-0.4, -0.2) is 11.6 Å². The van der Waals surface area contributed by atoms with E-state index in [1.165, 1.54) is 21.7 Å². The van der Waals surface area contributed by atoms with E-state index in [1.807, 2.05) is 11.8 Å². The van der Waals surface area contributed by atoms with Crippen molar-refractivity contribution in [3.05, 3.63) is 34.9 Å². The maximum Gasteiger partial charge on any atom is 0.0985 e. The number of rotatable bonds is 2. The Labute approximate surface area is 96.0 Å². The molecule has 1 aromatic carbocycles. The van der Waals surface area contributed by atoms with Crippen molar-refractivity contribution in [2.45, 2.75) is 32.4 Å². The molecule has 1 nitrogen and oxygen atoms in total. The third-order valence-corrected chi connectivity index (χ3v) is 3.82. The molecule has 0 saturated carbocycles. The maximum atomic E-state index is 4.64. The molecule has 1 aliphatic heterocycles. The summed E-state index contributed by atoms with van der Waals surface area (Å²) in [5, 5.41) is 1.80. The van der Waals surface area contributed by atoms with Gasteiger partial charge < -0.3 is 0 Å². The first kappa shape index (κ1) is 10.7. The molecule has 1 heterocycles. The summed E-state index contributed by atoms with van der Waals surface area (Å²) in [4.78, 5) is 4.64. The molecule has 0 aliphatic carbocycles. The average Bonchev–Trinajstić information content (AvgIpc) is 2.53. The van der Waals surface area contributed by atoms with Crippen LogP contribution in [0.15, 0.2) is 23.2 Å². The number of thioether (sulfide) groups is 1. The molecule has 0 radical (unpaired) electrons. The van der Waals surface area contributed by atoms with Crippen LogP contribution in [0.25, 0.3) is 0 Å². The van der Waals surface area contributed by atoms with Gasteiger partial charge in [0, 0.05) is 17.4 Å². The Morgan fingerprint density at radius 2 is 2.20 bits per heavy atom. The first-order valence-corrected chi connectivity index (χ1v) is 6.42. The molecule has 0 aromatic heterocycles. The minimum absolute atomic E-state index is 0.565. The van der Waals surface area contributed by atoms with Crippen molar-refractivity contribution >= 4 is 16.8 Å². The Kier molecular flexibility index (Phi) is 3.15. The van der Waals surface area contributed by atoms with Gasteiger partial charge in [-0.3, -0.25) is 4.99 Å². The highest BCUT2D eigenvalue weighted by atomic mass is 32.2. The van der Waals surface area contributed by atoms with Crippen LogP contribution >= 0.6 is 11.8 Å². The van der Waals surface area contributed by atoms with E-state index in [-0.39, 0.29) is 0 Å². The fourth-order valence-corrected chi connectivity index (χ4v) is 2.98. The van der Waals surface area contributed by atoms with Gasteiger partial charge in [0.15, 0.2) is 0 Å². The van der Waals surface area contributed by atoms with Crippen molar-refractivity contribution in [1.29, 1.82) is 0 Å². The molecule has 0 amide bonds. The Hall–Kier alpha value is -0.760. The highest BCUT2D eigenvalue weighted by Crippen LogP contribution is 2.41. The van der Waals surface area contributed by atoms with Gasteiger partial charge in [0.05, 0.1) is 5.04 Å². The Bertz CT molecular complexity index is 396. The van der Waals surface area contributed by atoms with E-state index in [0.29, 0.717) is 5.25 Å². The first-order valence-electron chi connectivity index (χ1n) is 5.54. The fraction of sp³-hybridized carbons (Fsp3) is 0.462. The molecule has 1 atom stereocenters. The third kappa shape index (κ3) is 2.10. The van der Waals surface area contributed by atoms with E-state index in [9.17, 15) is 0 Å². The van der Waals surface area contributed by atoms with Gasteiger partial charge in [0.1, 0.15) is 0 Å². The van der Waals surface area contributed by atoms with Crippen molar-refractivity contribution in [2.24, 2.45) is 4.99 Å². The van der Waals surface area contributed by atoms with Crippen molar-refractivity contribution in [3.8, 4) is 0 Å². The van der Waals surface area contributed by atoms with Crippen LogP contribution in [0.3, 0.4) is 0 Å². The van der Waals surface area contributed by atoms with E-state index < -0.39 is 0 Å². The zero-order valence-electron chi connectivity index (χ0n) is 9.58. The molecular weight excluding hydrogens is 202 g/mol. The van der Waals surface area contributed by atoms with E-state index in [0.717, 1.165) is 13.0 Å². The number of benzene rings is 1. The number of hydrogen-bond donors (Lipinski definition) is 0. The van der Waals surface area contributed by atoms with E-state index >= 15 is 0 Å². The normalized spacial score (nSPS) is 22.1. The van der Waals surface area contributed by atoms with Gasteiger partial charge in [-0.1, -0.05) is 42.4 Å². The zero-order chi connectivity index (χ0) is 10.8. The molecule has 0 saturated heterocycles. The lowest BCUT2D eigenvalue weighted by atomic mass is 10.0. The van der Waals surface area contributed by atoms with E-state index in [2.05, 4.69) is 44.0 Å². The lowest BCUT2D eigenvalue weighted by molar-refractivity contribution is 0.936. The highest BCUT2D eigenvalue weighted by Gasteiger charge is 2.24. The summed E-state index contributed by atoms with van der Waals surface area (Å²) in [5.74, 6) is 0. The molecule has 1 aromatic rings. The van der Waals surface area contributed by atoms with Crippen LogP contribution in [0.1, 0.15) is 42.2 Å². The van der Waals surface area contributed by atoms with Crippen LogP contribution in [0.2, 0.25) is 0 Å². The van der Waals surface area contributed by atoms with Crippen molar-refractivity contribution < 1.29 is 0 Å². The zero-order valence-corrected chi connectivity index (χ0v) is 10.4. The molecule has 80 valence electrons. The van der Waals surface area contributed by atoms with Crippen LogP contribution in [0, 0.1) is 6.92 Å². The minimum atomic E-state index is 0.565. The molecule has 2 heteroatoms. The molecular formula is C13H17NS. The van der Waals surface area contributed by atoms with Gasteiger partial charge in [-0.15, -0.1) is 0 Å². The number of hydrogen-bond acceptors (Lipinski definition) is 2. The van der Waals surface area contributed by atoms with E-state index in [4.69, 9.17) is 0 Å². The van der Waals surface area contributed by atoms with Gasteiger partial charge in [0.2, 0.25) is 0 Å². The first-order chi connectivity index (χ1) is 7.22. The summed E-state index contributed by atoms with van der Waals surface area (Å²) >= 11 is 1.89. The topological polar surface area (TPSA) is 12.4 Å². The average molecular weight is 219 g/mol. The summed E-state index contributed by atoms with van der Waals surface area (Å²) < 4.78 is 0. The SMILES string of the molecule is CCCN=C1SC(C)c2cc(C)ccc21. The van der Waals surface area contributed by atoms with Gasteiger partial charge >= 0.3 is 0 Å². The Balaban J connectivity index is 2.38. The predicted octanol–water partition coefficient (Wildman–Crippen LogP) is 3.96. The standard InChI is InChI=1S/C13H17NS/c1-4-7-14-13-11-6-5-9(2)8-12(11)10(3)15-13/h5-6,8,10H,4,7H2,1-3H3. The second-order valence-electron chi connectivity index (χ2n) is 4.04. The van der Waals surface area contributed by atoms with Crippen LogP contribution in [0.5, 0.6) is 0 Å². The monoisotopic (exact) mass is 219 g/mol. The highest BCUT2D eigenvalue weighted by molar-refractivity contribution is 8.15. The minimum Gasteiger partial charge on any atom is -0.278 e. The quantitative estimate of drug-likeness (QED) is 0.733. The molecule has 1 unspecified atom stereocenters. The third-order valence-electron chi connectivity index (χ3n) is 2.64. The number of fused-ring (bicyclic) bond motifs is 1. The second kappa shape index (κ2) is 4.40. The largest absolute Gasteiger partial charge is 0.278 e. The molecule has 2 rings (SSSR count). The predicted molar refractivity (Wildman–Crippen MR) is 68.9 cm³/mol. The van der Waals surface area contributed by atoms with Gasteiger partial charge in [-0.25, -0.2) is 0 Å². The summed E-state index contributed by atoms with van der Waals surface area (Å²) in [6.45, 7) is 7.53. The fourth-order valence-electron chi connectivity index (χ4n) is 1.84. The molecule has 0 N–H and O–H groups in total. The van der Waals surface area contributed by atoms with Crippen LogP contribution in [-0.2, 0) is 0 Å². The smallest absolute Gasteiger partial charge is 0.0985 e. The second-order valence-corrected chi connectivity index (χ2v) is 5.37. The van der Waals surface area contributed by atoms with Crippen molar-refractivity contribution in [1.82, 2.24) is 0 Å². The number of nitrogens with zero attached hydrogens (tertiary/aromatic N) is 1. The summed E-state index contributed by atoms with van der Waals surface area (Å²) in [6, 6.07) is 6.69. The van der Waals surface area contributed by atoms with Gasteiger partial charge in [0.25, 0.3) is 0 Å². The van der Waals surface area contributed by atoms with Gasteiger partial charge in [-0.2, -0.15) is 0 Å². The summed E-state index contributed by atoms with van der Waals surface area (Å²) in [5.41, 5.74) is 4.15. The Morgan fingerprint density at radius 3 is 2.93 bits per heavy atom. The molecule has 0 fully saturated rings. The van der Waals surface area contributed by atoms with Crippen LogP contribution in [0.4, 0.5) is 0 Å². The maximum absolute atomic E-state index is 4.64. The molecule has 15 heavy (non-hydrogen) atoms. The molecule has 0 bridgehead atoms.